The Morgan fingerprint density at radius 3 is 2.32 bits per heavy atom. The third-order valence-electron chi connectivity index (χ3n) is 3.78. The van der Waals surface area contributed by atoms with Gasteiger partial charge in [-0.3, -0.25) is 4.79 Å². The second-order valence-corrected chi connectivity index (χ2v) is 5.73. The number of nitrogens with one attached hydrogen (secondary N) is 1. The Labute approximate surface area is 147 Å². The van der Waals surface area contributed by atoms with Gasteiger partial charge in [-0.15, -0.1) is 0 Å². The fraction of sp³-hybridized carbons (Fsp3) is 0.143. The molecule has 0 saturated carbocycles. The smallest absolute Gasteiger partial charge is 0.219 e. The molecule has 0 aliphatic carbocycles. The van der Waals surface area contributed by atoms with Gasteiger partial charge in [0.1, 0.15) is 5.75 Å². The first-order valence-electron chi connectivity index (χ1n) is 8.23. The van der Waals surface area contributed by atoms with Crippen molar-refractivity contribution in [1.82, 2.24) is 10.3 Å². The lowest BCUT2D eigenvalue weighted by atomic mass is 10.0. The number of carbonyl (C=O) groups excluding carboxylic acids is 1. The third-order valence-corrected chi connectivity index (χ3v) is 3.78. The predicted molar refractivity (Wildman–Crippen MR) is 98.6 cm³/mol. The molecule has 1 amide bonds. The highest BCUT2D eigenvalue weighted by Crippen LogP contribution is 2.23. The Bertz CT molecular complexity index is 813. The van der Waals surface area contributed by atoms with Crippen LogP contribution in [0.1, 0.15) is 12.5 Å². The molecule has 0 bridgehead atoms. The molecule has 0 atom stereocenters. The molecule has 0 unspecified atom stereocenters. The van der Waals surface area contributed by atoms with E-state index in [0.717, 1.165) is 23.3 Å². The standard InChI is InChI=1S/C21H20N2O2/c1-16(24)22-14-13-17-7-9-18(10-8-17)19-11-12-21(23-15-19)25-20-5-3-2-4-6-20/h2-12,15H,13-14H2,1H3,(H,22,24). The number of carbonyl (C=O) groups is 1. The van der Waals surface area contributed by atoms with E-state index in [4.69, 9.17) is 4.74 Å². The van der Waals surface area contributed by atoms with Gasteiger partial charge in [-0.2, -0.15) is 0 Å². The number of amides is 1. The molecule has 3 rings (SSSR count). The first kappa shape index (κ1) is 16.7. The number of pyridine rings is 1. The number of hydrogen-bond acceptors (Lipinski definition) is 3. The molecule has 1 aromatic heterocycles. The van der Waals surface area contributed by atoms with Crippen LogP contribution in [-0.4, -0.2) is 17.4 Å². The van der Waals surface area contributed by atoms with Crippen LogP contribution in [0.3, 0.4) is 0 Å². The summed E-state index contributed by atoms with van der Waals surface area (Å²) >= 11 is 0. The van der Waals surface area contributed by atoms with Gasteiger partial charge in [0.05, 0.1) is 0 Å². The molecule has 0 fully saturated rings. The summed E-state index contributed by atoms with van der Waals surface area (Å²) in [5.41, 5.74) is 3.32. The number of rotatable bonds is 6. The molecule has 3 aromatic rings. The van der Waals surface area contributed by atoms with Crippen LogP contribution in [0.4, 0.5) is 0 Å². The van der Waals surface area contributed by atoms with E-state index < -0.39 is 0 Å². The summed E-state index contributed by atoms with van der Waals surface area (Å²) in [7, 11) is 0. The van der Waals surface area contributed by atoms with Crippen LogP contribution < -0.4 is 10.1 Å². The van der Waals surface area contributed by atoms with E-state index in [9.17, 15) is 4.79 Å². The number of aromatic nitrogens is 1. The number of para-hydroxylation sites is 1. The van der Waals surface area contributed by atoms with Gasteiger partial charge in [0.2, 0.25) is 11.8 Å². The summed E-state index contributed by atoms with van der Waals surface area (Å²) in [6.45, 7) is 2.18. The molecule has 2 aromatic carbocycles. The van der Waals surface area contributed by atoms with Gasteiger partial charge in [0, 0.05) is 31.3 Å². The molecule has 0 radical (unpaired) electrons. The zero-order valence-electron chi connectivity index (χ0n) is 14.1. The molecule has 1 N–H and O–H groups in total. The maximum absolute atomic E-state index is 10.9. The molecule has 4 heteroatoms. The maximum Gasteiger partial charge on any atom is 0.219 e. The van der Waals surface area contributed by atoms with Crippen LogP contribution in [0.25, 0.3) is 11.1 Å². The summed E-state index contributed by atoms with van der Waals surface area (Å²) < 4.78 is 5.71. The van der Waals surface area contributed by atoms with Crippen molar-refractivity contribution in [3.63, 3.8) is 0 Å². The monoisotopic (exact) mass is 332 g/mol. The Hall–Kier alpha value is -3.14. The van der Waals surface area contributed by atoms with Crippen LogP contribution in [-0.2, 0) is 11.2 Å². The first-order valence-corrected chi connectivity index (χ1v) is 8.23. The van der Waals surface area contributed by atoms with E-state index in [1.54, 1.807) is 0 Å². The summed E-state index contributed by atoms with van der Waals surface area (Å²) in [5, 5.41) is 2.80. The second kappa shape index (κ2) is 8.11. The Balaban J connectivity index is 1.63. The van der Waals surface area contributed by atoms with Gasteiger partial charge >= 0.3 is 0 Å². The molecule has 25 heavy (non-hydrogen) atoms. The van der Waals surface area contributed by atoms with Crippen molar-refractivity contribution in [2.75, 3.05) is 6.54 Å². The lowest BCUT2D eigenvalue weighted by molar-refractivity contribution is -0.118. The quantitative estimate of drug-likeness (QED) is 0.735. The zero-order chi connectivity index (χ0) is 17.5. The molecule has 1 heterocycles. The highest BCUT2D eigenvalue weighted by atomic mass is 16.5. The van der Waals surface area contributed by atoms with Crippen LogP contribution in [0, 0.1) is 0 Å². The largest absolute Gasteiger partial charge is 0.439 e. The zero-order valence-corrected chi connectivity index (χ0v) is 14.1. The van der Waals surface area contributed by atoms with Crippen molar-refractivity contribution in [3.8, 4) is 22.8 Å². The molecule has 0 saturated heterocycles. The lowest BCUT2D eigenvalue weighted by Crippen LogP contribution is -2.22. The summed E-state index contributed by atoms with van der Waals surface area (Å²) in [5.74, 6) is 1.34. The summed E-state index contributed by atoms with van der Waals surface area (Å²) in [4.78, 5) is 15.3. The van der Waals surface area contributed by atoms with Gasteiger partial charge < -0.3 is 10.1 Å². The SMILES string of the molecule is CC(=O)NCCc1ccc(-c2ccc(Oc3ccccc3)nc2)cc1. The highest BCUT2D eigenvalue weighted by Gasteiger charge is 2.02. The number of hydrogen-bond donors (Lipinski definition) is 1. The van der Waals surface area contributed by atoms with Gasteiger partial charge in [-0.1, -0.05) is 42.5 Å². The van der Waals surface area contributed by atoms with Crippen molar-refractivity contribution in [1.29, 1.82) is 0 Å². The van der Waals surface area contributed by atoms with Crippen molar-refractivity contribution < 1.29 is 9.53 Å². The minimum Gasteiger partial charge on any atom is -0.439 e. The number of benzene rings is 2. The van der Waals surface area contributed by atoms with Crippen LogP contribution in [0.15, 0.2) is 72.9 Å². The van der Waals surface area contributed by atoms with E-state index >= 15 is 0 Å². The van der Waals surface area contributed by atoms with Crippen molar-refractivity contribution >= 4 is 5.91 Å². The van der Waals surface area contributed by atoms with Gasteiger partial charge in [-0.25, -0.2) is 4.98 Å². The average Bonchev–Trinajstić information content (AvgIpc) is 2.64. The average molecular weight is 332 g/mol. The van der Waals surface area contributed by atoms with Gasteiger partial charge in [0.15, 0.2) is 0 Å². The van der Waals surface area contributed by atoms with E-state index in [0.29, 0.717) is 12.4 Å². The van der Waals surface area contributed by atoms with Crippen molar-refractivity contribution in [2.24, 2.45) is 0 Å². The third kappa shape index (κ3) is 4.91. The van der Waals surface area contributed by atoms with Crippen molar-refractivity contribution in [2.45, 2.75) is 13.3 Å². The first-order chi connectivity index (χ1) is 12.2. The Kier molecular flexibility index (Phi) is 5.42. The summed E-state index contributed by atoms with van der Waals surface area (Å²) in [6, 6.07) is 21.7. The predicted octanol–water partition coefficient (Wildman–Crippen LogP) is 4.22. The lowest BCUT2D eigenvalue weighted by Gasteiger charge is -2.07. The highest BCUT2D eigenvalue weighted by molar-refractivity contribution is 5.72. The van der Waals surface area contributed by atoms with E-state index in [1.807, 2.05) is 48.7 Å². The van der Waals surface area contributed by atoms with Gasteiger partial charge in [0.25, 0.3) is 0 Å². The fourth-order valence-electron chi connectivity index (χ4n) is 2.47. The molecule has 0 aliphatic heterocycles. The van der Waals surface area contributed by atoms with Gasteiger partial charge in [-0.05, 0) is 35.7 Å². The van der Waals surface area contributed by atoms with Crippen molar-refractivity contribution in [3.05, 3.63) is 78.5 Å². The molecule has 4 nitrogen and oxygen atoms in total. The Morgan fingerprint density at radius 2 is 1.68 bits per heavy atom. The summed E-state index contributed by atoms with van der Waals surface area (Å²) in [6.07, 6.45) is 2.63. The van der Waals surface area contributed by atoms with E-state index in [1.165, 1.54) is 12.5 Å². The second-order valence-electron chi connectivity index (χ2n) is 5.73. The normalized spacial score (nSPS) is 10.3. The Morgan fingerprint density at radius 1 is 0.960 bits per heavy atom. The van der Waals surface area contributed by atoms with Crippen LogP contribution >= 0.6 is 0 Å². The molecule has 126 valence electrons. The maximum atomic E-state index is 10.9. The topological polar surface area (TPSA) is 51.2 Å². The molecular formula is C21H20N2O2. The number of ether oxygens (including phenoxy) is 1. The van der Waals surface area contributed by atoms with E-state index in [-0.39, 0.29) is 5.91 Å². The fourth-order valence-corrected chi connectivity index (χ4v) is 2.47. The molecular weight excluding hydrogens is 312 g/mol. The minimum absolute atomic E-state index is 0.000468. The van der Waals surface area contributed by atoms with E-state index in [2.05, 4.69) is 34.6 Å². The minimum atomic E-state index is 0.000468. The number of nitrogens with zero attached hydrogens (tertiary/aromatic N) is 1. The molecule has 0 spiro atoms. The van der Waals surface area contributed by atoms with Crippen LogP contribution in [0.5, 0.6) is 11.6 Å². The van der Waals surface area contributed by atoms with Crippen LogP contribution in [0.2, 0.25) is 0 Å². The molecule has 0 aliphatic rings.